The van der Waals surface area contributed by atoms with E-state index in [1.165, 1.54) is 37.7 Å². The third-order valence-corrected chi connectivity index (χ3v) is 5.14. The molecule has 0 aromatic heterocycles. The highest BCUT2D eigenvalue weighted by molar-refractivity contribution is 5.85. The van der Waals surface area contributed by atoms with Gasteiger partial charge in [-0.25, -0.2) is 0 Å². The number of hydrogen-bond acceptors (Lipinski definition) is 4. The zero-order valence-electron chi connectivity index (χ0n) is 14.0. The van der Waals surface area contributed by atoms with Gasteiger partial charge in [0.1, 0.15) is 11.5 Å². The van der Waals surface area contributed by atoms with Crippen LogP contribution < -0.4 is 14.8 Å². The van der Waals surface area contributed by atoms with Gasteiger partial charge in [0.2, 0.25) is 0 Å². The number of hydrogen-bond donors (Lipinski definition) is 2. The van der Waals surface area contributed by atoms with Crippen LogP contribution >= 0.6 is 12.4 Å². The highest BCUT2D eigenvalue weighted by atomic mass is 35.5. The van der Waals surface area contributed by atoms with Gasteiger partial charge in [-0.15, -0.1) is 12.4 Å². The molecule has 1 aromatic rings. The van der Waals surface area contributed by atoms with Crippen molar-refractivity contribution < 1.29 is 14.6 Å². The van der Waals surface area contributed by atoms with Crippen LogP contribution in [0.25, 0.3) is 0 Å². The molecule has 0 aliphatic heterocycles. The van der Waals surface area contributed by atoms with E-state index < -0.39 is 0 Å². The Bertz CT molecular complexity index is 517. The summed E-state index contributed by atoms with van der Waals surface area (Å²) in [7, 11) is 3.39. The molecule has 1 aromatic carbocycles. The fourth-order valence-electron chi connectivity index (χ4n) is 3.93. The molecule has 0 bridgehead atoms. The molecule has 0 amide bonds. The monoisotopic (exact) mass is 341 g/mol. The Morgan fingerprint density at radius 2 is 1.52 bits per heavy atom. The first-order valence-electron chi connectivity index (χ1n) is 8.39. The average molecular weight is 342 g/mol. The van der Waals surface area contributed by atoms with E-state index >= 15 is 0 Å². The summed E-state index contributed by atoms with van der Waals surface area (Å²) in [6, 6.07) is 4.55. The van der Waals surface area contributed by atoms with E-state index in [1.54, 1.807) is 14.2 Å². The molecular formula is C18H28ClNO3. The minimum atomic E-state index is -0.365. The minimum absolute atomic E-state index is 0. The van der Waals surface area contributed by atoms with Gasteiger partial charge in [-0.1, -0.05) is 19.3 Å². The Hall–Kier alpha value is -0.970. The molecule has 2 aliphatic rings. The standard InChI is InChI=1S/C18H27NO3.ClH/c1-21-17-8-9-18(22-2)14-11-16(20)15(10-13(14)17)19-12-6-4-3-5-7-12;/h8-9,12,15-16,19-20H,3-7,10-11H2,1-2H3;1H. The Labute approximate surface area is 145 Å². The predicted molar refractivity (Wildman–Crippen MR) is 94.0 cm³/mol. The number of rotatable bonds is 4. The molecular weight excluding hydrogens is 314 g/mol. The van der Waals surface area contributed by atoms with Gasteiger partial charge in [0.15, 0.2) is 0 Å². The molecule has 1 saturated carbocycles. The van der Waals surface area contributed by atoms with Crippen LogP contribution in [-0.4, -0.2) is 37.5 Å². The number of aliphatic hydroxyl groups excluding tert-OH is 1. The molecule has 0 heterocycles. The van der Waals surface area contributed by atoms with Crippen LogP contribution in [0.5, 0.6) is 11.5 Å². The lowest BCUT2D eigenvalue weighted by molar-refractivity contribution is 0.107. The first kappa shape index (κ1) is 18.4. The third-order valence-electron chi connectivity index (χ3n) is 5.14. The second-order valence-electron chi connectivity index (χ2n) is 6.51. The molecule has 2 N–H and O–H groups in total. The maximum Gasteiger partial charge on any atom is 0.122 e. The van der Waals surface area contributed by atoms with Crippen molar-refractivity contribution in [2.24, 2.45) is 0 Å². The second-order valence-corrected chi connectivity index (χ2v) is 6.51. The summed E-state index contributed by atoms with van der Waals surface area (Å²) in [6.07, 6.45) is 7.46. The topological polar surface area (TPSA) is 50.7 Å². The molecule has 0 saturated heterocycles. The smallest absolute Gasteiger partial charge is 0.122 e. The second kappa shape index (κ2) is 8.22. The van der Waals surface area contributed by atoms with E-state index in [0.29, 0.717) is 12.5 Å². The predicted octanol–water partition coefficient (Wildman–Crippen LogP) is 2.88. The zero-order valence-corrected chi connectivity index (χ0v) is 14.8. The first-order valence-corrected chi connectivity index (χ1v) is 8.39. The molecule has 5 heteroatoms. The van der Waals surface area contributed by atoms with Gasteiger partial charge < -0.3 is 19.9 Å². The fraction of sp³-hybridized carbons (Fsp3) is 0.667. The van der Waals surface area contributed by atoms with Crippen LogP contribution in [0.3, 0.4) is 0 Å². The average Bonchev–Trinajstić information content (AvgIpc) is 2.55. The molecule has 0 spiro atoms. The number of ether oxygens (including phenoxy) is 2. The Morgan fingerprint density at radius 3 is 2.09 bits per heavy atom. The van der Waals surface area contributed by atoms with Crippen molar-refractivity contribution in [1.29, 1.82) is 0 Å². The molecule has 130 valence electrons. The van der Waals surface area contributed by atoms with Crippen LogP contribution in [0.1, 0.15) is 43.2 Å². The van der Waals surface area contributed by atoms with Crippen molar-refractivity contribution in [1.82, 2.24) is 5.32 Å². The lowest BCUT2D eigenvalue weighted by Gasteiger charge is -2.36. The van der Waals surface area contributed by atoms with Crippen molar-refractivity contribution >= 4 is 12.4 Å². The number of halogens is 1. The lowest BCUT2D eigenvalue weighted by Crippen LogP contribution is -2.50. The van der Waals surface area contributed by atoms with Crippen molar-refractivity contribution in [2.45, 2.75) is 63.1 Å². The molecule has 23 heavy (non-hydrogen) atoms. The van der Waals surface area contributed by atoms with Gasteiger partial charge >= 0.3 is 0 Å². The Morgan fingerprint density at radius 1 is 0.957 bits per heavy atom. The molecule has 2 unspecified atom stereocenters. The van der Waals surface area contributed by atoms with E-state index in [0.717, 1.165) is 23.5 Å². The van der Waals surface area contributed by atoms with Crippen LogP contribution in [0.15, 0.2) is 12.1 Å². The SMILES string of the molecule is COc1ccc(OC)c2c1CC(O)C(NC1CCCCC1)C2.Cl. The summed E-state index contributed by atoms with van der Waals surface area (Å²) < 4.78 is 11.0. The Balaban J connectivity index is 0.00000192. The van der Waals surface area contributed by atoms with E-state index in [9.17, 15) is 5.11 Å². The molecule has 2 aliphatic carbocycles. The van der Waals surface area contributed by atoms with E-state index in [-0.39, 0.29) is 24.6 Å². The third kappa shape index (κ3) is 3.93. The van der Waals surface area contributed by atoms with E-state index in [2.05, 4.69) is 5.32 Å². The molecule has 3 rings (SSSR count). The van der Waals surface area contributed by atoms with Crippen molar-refractivity contribution in [2.75, 3.05) is 14.2 Å². The molecule has 1 fully saturated rings. The number of aliphatic hydroxyl groups is 1. The summed E-state index contributed by atoms with van der Waals surface area (Å²) in [6.45, 7) is 0. The Kier molecular flexibility index (Phi) is 6.57. The van der Waals surface area contributed by atoms with Crippen LogP contribution in [0.2, 0.25) is 0 Å². The minimum Gasteiger partial charge on any atom is -0.496 e. The summed E-state index contributed by atoms with van der Waals surface area (Å²) >= 11 is 0. The van der Waals surface area contributed by atoms with Gasteiger partial charge in [-0.2, -0.15) is 0 Å². The van der Waals surface area contributed by atoms with Crippen LogP contribution in [-0.2, 0) is 12.8 Å². The summed E-state index contributed by atoms with van der Waals surface area (Å²) in [5, 5.41) is 14.3. The normalized spacial score (nSPS) is 24.5. The number of fused-ring (bicyclic) bond motifs is 1. The van der Waals surface area contributed by atoms with Crippen molar-refractivity contribution in [3.63, 3.8) is 0 Å². The number of methoxy groups -OCH3 is 2. The summed E-state index contributed by atoms with van der Waals surface area (Å²) in [4.78, 5) is 0. The van der Waals surface area contributed by atoms with Gasteiger partial charge in [0, 0.05) is 29.6 Å². The fourth-order valence-corrected chi connectivity index (χ4v) is 3.93. The largest absolute Gasteiger partial charge is 0.496 e. The highest BCUT2D eigenvalue weighted by Crippen LogP contribution is 2.36. The van der Waals surface area contributed by atoms with Gasteiger partial charge in [0.25, 0.3) is 0 Å². The highest BCUT2D eigenvalue weighted by Gasteiger charge is 2.32. The van der Waals surface area contributed by atoms with Crippen LogP contribution in [0.4, 0.5) is 0 Å². The zero-order chi connectivity index (χ0) is 15.5. The quantitative estimate of drug-likeness (QED) is 0.884. The van der Waals surface area contributed by atoms with Gasteiger partial charge in [-0.3, -0.25) is 0 Å². The number of benzene rings is 1. The van der Waals surface area contributed by atoms with E-state index in [1.807, 2.05) is 12.1 Å². The summed E-state index contributed by atoms with van der Waals surface area (Å²) in [5.74, 6) is 1.75. The molecule has 0 radical (unpaired) electrons. The molecule has 4 nitrogen and oxygen atoms in total. The first-order chi connectivity index (χ1) is 10.7. The van der Waals surface area contributed by atoms with Crippen LogP contribution in [0, 0.1) is 0 Å². The maximum atomic E-state index is 10.6. The lowest BCUT2D eigenvalue weighted by atomic mass is 9.83. The van der Waals surface area contributed by atoms with Gasteiger partial charge in [0.05, 0.1) is 20.3 Å². The number of nitrogens with one attached hydrogen (secondary N) is 1. The molecule has 2 atom stereocenters. The van der Waals surface area contributed by atoms with E-state index in [4.69, 9.17) is 9.47 Å². The summed E-state index contributed by atoms with van der Waals surface area (Å²) in [5.41, 5.74) is 2.27. The van der Waals surface area contributed by atoms with Crippen molar-refractivity contribution in [3.8, 4) is 11.5 Å². The van der Waals surface area contributed by atoms with Gasteiger partial charge in [-0.05, 0) is 31.4 Å². The van der Waals surface area contributed by atoms with Crippen molar-refractivity contribution in [3.05, 3.63) is 23.3 Å². The maximum absolute atomic E-state index is 10.6.